The SMILES string of the molecule is CN(C)c1ccc(Nc2cc(C(=O)Nc3ccccc3F)ccn2)cc1. The summed E-state index contributed by atoms with van der Waals surface area (Å²) >= 11 is 0. The third-order valence-electron chi connectivity index (χ3n) is 3.80. The fraction of sp³-hybridized carbons (Fsp3) is 0.100. The lowest BCUT2D eigenvalue weighted by molar-refractivity contribution is 0.102. The maximum Gasteiger partial charge on any atom is 0.255 e. The van der Waals surface area contributed by atoms with Crippen molar-refractivity contribution in [2.24, 2.45) is 0 Å². The van der Waals surface area contributed by atoms with Crippen LogP contribution in [0.25, 0.3) is 0 Å². The first-order chi connectivity index (χ1) is 12.5. The zero-order valence-electron chi connectivity index (χ0n) is 14.5. The molecule has 0 bridgehead atoms. The summed E-state index contributed by atoms with van der Waals surface area (Å²) in [6, 6.07) is 17.1. The van der Waals surface area contributed by atoms with Crippen LogP contribution in [0.3, 0.4) is 0 Å². The molecule has 0 fully saturated rings. The third-order valence-corrected chi connectivity index (χ3v) is 3.80. The minimum absolute atomic E-state index is 0.142. The number of amides is 1. The minimum Gasteiger partial charge on any atom is -0.378 e. The molecule has 0 atom stereocenters. The molecule has 0 aliphatic rings. The number of anilines is 4. The average Bonchev–Trinajstić information content (AvgIpc) is 2.64. The van der Waals surface area contributed by atoms with Crippen molar-refractivity contribution in [3.63, 3.8) is 0 Å². The van der Waals surface area contributed by atoms with Crippen molar-refractivity contribution >= 4 is 28.8 Å². The molecule has 0 aliphatic carbocycles. The van der Waals surface area contributed by atoms with Gasteiger partial charge in [-0.3, -0.25) is 4.79 Å². The lowest BCUT2D eigenvalue weighted by atomic mass is 10.2. The summed E-state index contributed by atoms with van der Waals surface area (Å²) < 4.78 is 13.7. The number of hydrogen-bond donors (Lipinski definition) is 2. The van der Waals surface area contributed by atoms with Crippen molar-refractivity contribution in [2.45, 2.75) is 0 Å². The molecule has 6 heteroatoms. The highest BCUT2D eigenvalue weighted by Gasteiger charge is 2.10. The van der Waals surface area contributed by atoms with Gasteiger partial charge in [-0.1, -0.05) is 12.1 Å². The summed E-state index contributed by atoms with van der Waals surface area (Å²) in [7, 11) is 3.95. The first kappa shape index (κ1) is 17.4. The number of carbonyl (C=O) groups excluding carboxylic acids is 1. The lowest BCUT2D eigenvalue weighted by Gasteiger charge is -2.13. The number of nitrogens with zero attached hydrogens (tertiary/aromatic N) is 2. The Hall–Kier alpha value is -3.41. The highest BCUT2D eigenvalue weighted by molar-refractivity contribution is 6.04. The summed E-state index contributed by atoms with van der Waals surface area (Å²) in [5.74, 6) is -0.346. The molecule has 3 aromatic rings. The molecule has 0 saturated carbocycles. The summed E-state index contributed by atoms with van der Waals surface area (Å²) in [6.45, 7) is 0. The number of rotatable bonds is 5. The lowest BCUT2D eigenvalue weighted by Crippen LogP contribution is -2.13. The van der Waals surface area contributed by atoms with Crippen LogP contribution in [0.15, 0.2) is 66.9 Å². The Balaban J connectivity index is 1.73. The molecular weight excluding hydrogens is 331 g/mol. The maximum atomic E-state index is 13.7. The summed E-state index contributed by atoms with van der Waals surface area (Å²) in [5.41, 5.74) is 2.47. The van der Waals surface area contributed by atoms with Gasteiger partial charge in [-0.15, -0.1) is 0 Å². The first-order valence-electron chi connectivity index (χ1n) is 8.09. The van der Waals surface area contributed by atoms with Gasteiger partial charge in [0, 0.05) is 37.2 Å². The van der Waals surface area contributed by atoms with Crippen molar-refractivity contribution in [2.75, 3.05) is 29.6 Å². The molecule has 26 heavy (non-hydrogen) atoms. The smallest absolute Gasteiger partial charge is 0.255 e. The second-order valence-electron chi connectivity index (χ2n) is 5.93. The normalized spacial score (nSPS) is 10.3. The molecule has 1 heterocycles. The van der Waals surface area contributed by atoms with Crippen molar-refractivity contribution < 1.29 is 9.18 Å². The van der Waals surface area contributed by atoms with Crippen LogP contribution >= 0.6 is 0 Å². The van der Waals surface area contributed by atoms with Gasteiger partial charge in [0.25, 0.3) is 5.91 Å². The summed E-state index contributed by atoms with van der Waals surface area (Å²) in [4.78, 5) is 18.6. The number of nitrogens with one attached hydrogen (secondary N) is 2. The van der Waals surface area contributed by atoms with Crippen molar-refractivity contribution in [3.8, 4) is 0 Å². The van der Waals surface area contributed by atoms with E-state index in [0.29, 0.717) is 11.4 Å². The number of para-hydroxylation sites is 1. The van der Waals surface area contributed by atoms with E-state index in [4.69, 9.17) is 0 Å². The van der Waals surface area contributed by atoms with Crippen molar-refractivity contribution in [3.05, 3.63) is 78.2 Å². The molecule has 0 spiro atoms. The van der Waals surface area contributed by atoms with Crippen LogP contribution in [0.4, 0.5) is 27.3 Å². The Labute approximate surface area is 151 Å². The molecule has 0 unspecified atom stereocenters. The predicted molar refractivity (Wildman–Crippen MR) is 103 cm³/mol. The third kappa shape index (κ3) is 4.16. The Morgan fingerprint density at radius 1 is 1.04 bits per heavy atom. The standard InChI is InChI=1S/C20H19FN4O/c1-25(2)16-9-7-15(8-10-16)23-19-13-14(11-12-22-19)20(26)24-18-6-4-3-5-17(18)21/h3-13H,1-2H3,(H,22,23)(H,24,26). The molecule has 5 nitrogen and oxygen atoms in total. The van der Waals surface area contributed by atoms with E-state index in [9.17, 15) is 9.18 Å². The molecule has 0 radical (unpaired) electrons. The second kappa shape index (κ2) is 7.65. The number of carbonyl (C=O) groups is 1. The van der Waals surface area contributed by atoms with E-state index < -0.39 is 11.7 Å². The van der Waals surface area contributed by atoms with Crippen LogP contribution in [0, 0.1) is 5.82 Å². The van der Waals surface area contributed by atoms with Gasteiger partial charge in [-0.2, -0.15) is 0 Å². The van der Waals surface area contributed by atoms with Gasteiger partial charge in [-0.25, -0.2) is 9.37 Å². The van der Waals surface area contributed by atoms with Crippen LogP contribution in [0.2, 0.25) is 0 Å². The quantitative estimate of drug-likeness (QED) is 0.721. The Morgan fingerprint density at radius 3 is 2.46 bits per heavy atom. The van der Waals surface area contributed by atoms with E-state index in [1.165, 1.54) is 18.3 Å². The second-order valence-corrected chi connectivity index (χ2v) is 5.93. The average molecular weight is 350 g/mol. The van der Waals surface area contributed by atoms with Gasteiger partial charge in [-0.05, 0) is 48.5 Å². The van der Waals surface area contributed by atoms with E-state index in [0.717, 1.165) is 11.4 Å². The Kier molecular flexibility index (Phi) is 5.12. The molecular formula is C20H19FN4O. The zero-order chi connectivity index (χ0) is 18.5. The van der Waals surface area contributed by atoms with Gasteiger partial charge in [0.1, 0.15) is 11.6 Å². The Bertz CT molecular complexity index is 910. The van der Waals surface area contributed by atoms with Crippen LogP contribution in [0.1, 0.15) is 10.4 Å². The van der Waals surface area contributed by atoms with Gasteiger partial charge in [0.15, 0.2) is 0 Å². The first-order valence-corrected chi connectivity index (χ1v) is 8.09. The monoisotopic (exact) mass is 350 g/mol. The van der Waals surface area contributed by atoms with Crippen LogP contribution in [-0.4, -0.2) is 25.0 Å². The fourth-order valence-electron chi connectivity index (χ4n) is 2.39. The molecule has 1 amide bonds. The van der Waals surface area contributed by atoms with E-state index in [1.807, 2.05) is 43.3 Å². The number of hydrogen-bond acceptors (Lipinski definition) is 4. The Morgan fingerprint density at radius 2 is 1.77 bits per heavy atom. The minimum atomic E-state index is -0.478. The summed E-state index contributed by atoms with van der Waals surface area (Å²) in [5, 5.41) is 5.72. The molecule has 0 aliphatic heterocycles. The summed E-state index contributed by atoms with van der Waals surface area (Å²) in [6.07, 6.45) is 1.53. The molecule has 3 rings (SSSR count). The largest absolute Gasteiger partial charge is 0.378 e. The number of halogens is 1. The van der Waals surface area contributed by atoms with E-state index >= 15 is 0 Å². The van der Waals surface area contributed by atoms with E-state index in [1.54, 1.807) is 24.3 Å². The van der Waals surface area contributed by atoms with Gasteiger partial charge < -0.3 is 15.5 Å². The van der Waals surface area contributed by atoms with Gasteiger partial charge in [0.05, 0.1) is 5.69 Å². The van der Waals surface area contributed by atoms with Crippen molar-refractivity contribution in [1.82, 2.24) is 4.98 Å². The highest BCUT2D eigenvalue weighted by Crippen LogP contribution is 2.20. The van der Waals surface area contributed by atoms with E-state index in [2.05, 4.69) is 15.6 Å². The fourth-order valence-corrected chi connectivity index (χ4v) is 2.39. The topological polar surface area (TPSA) is 57.3 Å². The van der Waals surface area contributed by atoms with Crippen LogP contribution < -0.4 is 15.5 Å². The molecule has 1 aromatic heterocycles. The zero-order valence-corrected chi connectivity index (χ0v) is 14.5. The van der Waals surface area contributed by atoms with Gasteiger partial charge in [0.2, 0.25) is 0 Å². The van der Waals surface area contributed by atoms with Gasteiger partial charge >= 0.3 is 0 Å². The molecule has 0 saturated heterocycles. The van der Waals surface area contributed by atoms with Crippen LogP contribution in [0.5, 0.6) is 0 Å². The van der Waals surface area contributed by atoms with Crippen LogP contribution in [-0.2, 0) is 0 Å². The number of benzene rings is 2. The molecule has 2 aromatic carbocycles. The predicted octanol–water partition coefficient (Wildman–Crippen LogP) is 4.28. The maximum absolute atomic E-state index is 13.7. The number of aromatic nitrogens is 1. The van der Waals surface area contributed by atoms with E-state index in [-0.39, 0.29) is 5.69 Å². The number of pyridine rings is 1. The highest BCUT2D eigenvalue weighted by atomic mass is 19.1. The molecule has 132 valence electrons. The molecule has 2 N–H and O–H groups in total. The van der Waals surface area contributed by atoms with Crippen molar-refractivity contribution in [1.29, 1.82) is 0 Å².